The molecule has 9 aromatic rings. The van der Waals surface area contributed by atoms with Gasteiger partial charge in [-0.3, -0.25) is 0 Å². The SMILES string of the molecule is Cc1ccc2c(c1)c1cc3c4cc(C)ccc4n(-c4[c-]c(-n5c(C)c(C)[n+](-c6ccc(C(C)(C)C)cc6)c5C)ccc4)c3nc1n2-c1[c-]cccc1.[Pt+2]. The summed E-state index contributed by atoms with van der Waals surface area (Å²) in [6.07, 6.45) is 0. The molecule has 0 radical (unpaired) electrons. The number of aromatic nitrogens is 5. The van der Waals surface area contributed by atoms with Crippen LogP contribution < -0.4 is 4.57 Å². The average molecular weight is 872 g/mol. The number of fused-ring (bicyclic) bond motifs is 6. The van der Waals surface area contributed by atoms with Crippen LogP contribution in [0.4, 0.5) is 0 Å². The van der Waals surface area contributed by atoms with Crippen molar-refractivity contribution in [2.24, 2.45) is 0 Å². The Balaban J connectivity index is 0.00000400. The predicted octanol–water partition coefficient (Wildman–Crippen LogP) is 10.8. The summed E-state index contributed by atoms with van der Waals surface area (Å²) < 4.78 is 9.21. The van der Waals surface area contributed by atoms with Crippen LogP contribution in [-0.4, -0.2) is 18.7 Å². The molecule has 0 saturated heterocycles. The first-order valence-electron chi connectivity index (χ1n) is 18.1. The van der Waals surface area contributed by atoms with Crippen LogP contribution >= 0.6 is 0 Å². The van der Waals surface area contributed by atoms with Crippen molar-refractivity contribution in [1.29, 1.82) is 0 Å². The summed E-state index contributed by atoms with van der Waals surface area (Å²) in [5.41, 5.74) is 14.4. The fourth-order valence-electron chi connectivity index (χ4n) is 8.05. The Kier molecular flexibility index (Phi) is 8.35. The molecule has 0 unspecified atom stereocenters. The maximum Gasteiger partial charge on any atom is 2.00 e. The molecule has 0 amide bonds. The van der Waals surface area contributed by atoms with Crippen molar-refractivity contribution >= 4 is 43.9 Å². The van der Waals surface area contributed by atoms with Gasteiger partial charge in [0, 0.05) is 48.0 Å². The second kappa shape index (κ2) is 12.7. The van der Waals surface area contributed by atoms with Gasteiger partial charge in [-0.15, -0.1) is 24.3 Å². The second-order valence-corrected chi connectivity index (χ2v) is 15.3. The van der Waals surface area contributed by atoms with E-state index in [-0.39, 0.29) is 26.5 Å². The van der Waals surface area contributed by atoms with E-state index in [2.05, 4.69) is 183 Å². The van der Waals surface area contributed by atoms with Gasteiger partial charge >= 0.3 is 21.1 Å². The van der Waals surface area contributed by atoms with Crippen molar-refractivity contribution in [3.8, 4) is 22.7 Å². The molecule has 0 fully saturated rings. The molecule has 0 atom stereocenters. The molecule has 0 aliphatic rings. The van der Waals surface area contributed by atoms with E-state index in [0.29, 0.717) is 0 Å². The minimum Gasteiger partial charge on any atom is -0.318 e. The Morgan fingerprint density at radius 3 is 1.72 bits per heavy atom. The van der Waals surface area contributed by atoms with Gasteiger partial charge in [-0.05, 0) is 67.3 Å². The summed E-state index contributed by atoms with van der Waals surface area (Å²) in [5.74, 6) is 1.13. The van der Waals surface area contributed by atoms with Gasteiger partial charge in [0.05, 0.1) is 11.0 Å². The van der Waals surface area contributed by atoms with Gasteiger partial charge < -0.3 is 9.13 Å². The Bertz CT molecular complexity index is 2860. The zero-order valence-electron chi connectivity index (χ0n) is 31.4. The molecule has 264 valence electrons. The molecule has 0 aliphatic carbocycles. The van der Waals surface area contributed by atoms with Crippen molar-refractivity contribution in [3.63, 3.8) is 0 Å². The van der Waals surface area contributed by atoms with E-state index >= 15 is 0 Å². The summed E-state index contributed by atoms with van der Waals surface area (Å²) in [6, 6.07) is 46.6. The maximum absolute atomic E-state index is 5.56. The van der Waals surface area contributed by atoms with Crippen molar-refractivity contribution in [3.05, 3.63) is 155 Å². The van der Waals surface area contributed by atoms with E-state index in [4.69, 9.17) is 4.98 Å². The van der Waals surface area contributed by atoms with Crippen LogP contribution in [0, 0.1) is 46.8 Å². The fraction of sp³-hybridized carbons (Fsp3) is 0.191. The molecule has 0 N–H and O–H groups in total. The zero-order chi connectivity index (χ0) is 36.1. The molecule has 0 saturated carbocycles. The Labute approximate surface area is 325 Å². The van der Waals surface area contributed by atoms with Gasteiger partial charge in [0.2, 0.25) is 0 Å². The number of nitrogens with zero attached hydrogens (tertiary/aromatic N) is 5. The van der Waals surface area contributed by atoms with E-state index in [9.17, 15) is 0 Å². The fourth-order valence-corrected chi connectivity index (χ4v) is 8.05. The number of pyridine rings is 1. The number of para-hydroxylation sites is 1. The maximum atomic E-state index is 5.56. The summed E-state index contributed by atoms with van der Waals surface area (Å²) >= 11 is 0. The predicted molar refractivity (Wildman–Crippen MR) is 214 cm³/mol. The number of hydrogen-bond donors (Lipinski definition) is 0. The standard InChI is InChI=1S/C47H42N5.Pt/c1-29-17-23-43-39(25-29)41-28-42-40-26-30(2)18-24-44(40)52(46(42)48-45(41)51(43)35-13-10-9-11-14-35)38-16-12-15-37(27-38)50-32(4)31(3)49(33(50)5)36-21-19-34(20-22-36)47(6,7)8;/h9-13,15-26,28H,1-8H3;/q-1;+2. The monoisotopic (exact) mass is 871 g/mol. The summed E-state index contributed by atoms with van der Waals surface area (Å²) in [7, 11) is 0. The molecule has 0 bridgehead atoms. The van der Waals surface area contributed by atoms with Crippen LogP contribution in [0.15, 0.2) is 109 Å². The molecule has 9 rings (SSSR count). The van der Waals surface area contributed by atoms with Crippen molar-refractivity contribution in [1.82, 2.24) is 18.7 Å². The van der Waals surface area contributed by atoms with Crippen LogP contribution in [-0.2, 0) is 26.5 Å². The summed E-state index contributed by atoms with van der Waals surface area (Å²) in [4.78, 5) is 5.56. The number of aryl methyl sites for hydroxylation is 2. The average Bonchev–Trinajstić information content (AvgIpc) is 3.70. The van der Waals surface area contributed by atoms with Gasteiger partial charge in [0.15, 0.2) is 0 Å². The van der Waals surface area contributed by atoms with Gasteiger partial charge in [0.25, 0.3) is 5.82 Å². The quantitative estimate of drug-likeness (QED) is 0.128. The van der Waals surface area contributed by atoms with Crippen LogP contribution in [0.25, 0.3) is 66.6 Å². The largest absolute Gasteiger partial charge is 2.00 e. The van der Waals surface area contributed by atoms with Crippen LogP contribution in [0.5, 0.6) is 0 Å². The molecule has 0 spiro atoms. The first-order chi connectivity index (χ1) is 25.0. The topological polar surface area (TPSA) is 31.6 Å². The Morgan fingerprint density at radius 2 is 1.15 bits per heavy atom. The zero-order valence-corrected chi connectivity index (χ0v) is 33.7. The van der Waals surface area contributed by atoms with Gasteiger partial charge in [0.1, 0.15) is 28.4 Å². The van der Waals surface area contributed by atoms with Crippen LogP contribution in [0.1, 0.15) is 54.7 Å². The molecule has 4 heterocycles. The minimum absolute atomic E-state index is 0. The van der Waals surface area contributed by atoms with Crippen LogP contribution in [0.2, 0.25) is 0 Å². The molecular weight excluding hydrogens is 830 g/mol. The number of benzene rings is 5. The normalized spacial score (nSPS) is 12.0. The number of rotatable bonds is 4. The van der Waals surface area contributed by atoms with E-state index in [1.54, 1.807) is 0 Å². The van der Waals surface area contributed by atoms with Gasteiger partial charge in [-0.2, -0.15) is 34.9 Å². The van der Waals surface area contributed by atoms with Crippen LogP contribution in [0.3, 0.4) is 0 Å². The van der Waals surface area contributed by atoms with Crippen molar-refractivity contribution in [2.45, 2.75) is 60.8 Å². The van der Waals surface area contributed by atoms with Gasteiger partial charge in [-0.25, -0.2) is 9.55 Å². The van der Waals surface area contributed by atoms with Crippen molar-refractivity contribution < 1.29 is 25.6 Å². The van der Waals surface area contributed by atoms with E-state index < -0.39 is 0 Å². The third kappa shape index (κ3) is 5.48. The molecule has 53 heavy (non-hydrogen) atoms. The molecule has 6 heteroatoms. The third-order valence-electron chi connectivity index (χ3n) is 10.8. The summed E-state index contributed by atoms with van der Waals surface area (Å²) in [6.45, 7) is 17.7. The smallest absolute Gasteiger partial charge is 0.318 e. The molecular formula is C47H42N5Pt+. The number of imidazole rings is 1. The van der Waals surface area contributed by atoms with E-state index in [1.807, 2.05) is 12.1 Å². The molecule has 4 aromatic heterocycles. The van der Waals surface area contributed by atoms with Gasteiger partial charge in [-0.1, -0.05) is 67.5 Å². The van der Waals surface area contributed by atoms with E-state index in [1.165, 1.54) is 38.9 Å². The minimum atomic E-state index is 0. The first kappa shape index (κ1) is 34.8. The first-order valence-corrected chi connectivity index (χ1v) is 18.1. The van der Waals surface area contributed by atoms with Crippen molar-refractivity contribution in [2.75, 3.05) is 0 Å². The molecule has 5 aromatic carbocycles. The van der Waals surface area contributed by atoms with E-state index in [0.717, 1.165) is 61.7 Å². The molecule has 5 nitrogen and oxygen atoms in total. The third-order valence-corrected chi connectivity index (χ3v) is 10.8. The molecule has 0 aliphatic heterocycles. The second-order valence-electron chi connectivity index (χ2n) is 15.3. The Hall–Kier alpha value is -5.25. The Morgan fingerprint density at radius 1 is 0.585 bits per heavy atom. The number of hydrogen-bond acceptors (Lipinski definition) is 1. The summed E-state index contributed by atoms with van der Waals surface area (Å²) in [5, 5.41) is 4.64.